The molecule has 0 N–H and O–H groups in total. The van der Waals surface area contributed by atoms with E-state index in [0.29, 0.717) is 23.0 Å². The molecule has 5 heteroatoms. The summed E-state index contributed by atoms with van der Waals surface area (Å²) >= 11 is 0. The van der Waals surface area contributed by atoms with Crippen LogP contribution in [0.25, 0.3) is 10.9 Å². The maximum Gasteiger partial charge on any atom is 0.331 e. The van der Waals surface area contributed by atoms with Gasteiger partial charge in [-0.25, -0.2) is 9.18 Å². The highest BCUT2D eigenvalue weighted by Gasteiger charge is 2.14. The van der Waals surface area contributed by atoms with Crippen molar-refractivity contribution in [2.75, 3.05) is 0 Å². The zero-order chi connectivity index (χ0) is 17.3. The molecule has 3 rings (SSSR count). The normalized spacial score (nSPS) is 11.3. The highest BCUT2D eigenvalue weighted by Crippen LogP contribution is 2.11. The van der Waals surface area contributed by atoms with Crippen molar-refractivity contribution < 1.29 is 4.39 Å². The molecule has 124 valence electrons. The van der Waals surface area contributed by atoms with E-state index in [-0.39, 0.29) is 29.5 Å². The zero-order valence-corrected chi connectivity index (χ0v) is 13.7. The second-order valence-corrected chi connectivity index (χ2v) is 6.33. The molecule has 0 aliphatic rings. The smallest absolute Gasteiger partial charge is 0.289 e. The summed E-state index contributed by atoms with van der Waals surface area (Å²) in [5.74, 6) is -0.181. The first kappa shape index (κ1) is 16.2. The Bertz CT molecular complexity index is 1000. The number of benzene rings is 2. The molecule has 0 amide bonds. The van der Waals surface area contributed by atoms with Crippen molar-refractivity contribution >= 4 is 10.9 Å². The number of fused-ring (bicyclic) bond motifs is 1. The highest BCUT2D eigenvalue weighted by atomic mass is 19.1. The van der Waals surface area contributed by atoms with Gasteiger partial charge in [0.25, 0.3) is 5.56 Å². The van der Waals surface area contributed by atoms with Crippen LogP contribution < -0.4 is 11.2 Å². The predicted octanol–water partition coefficient (Wildman–Crippen LogP) is 3.01. The fourth-order valence-corrected chi connectivity index (χ4v) is 2.87. The maximum atomic E-state index is 13.5. The molecule has 0 bridgehead atoms. The van der Waals surface area contributed by atoms with Gasteiger partial charge in [-0.05, 0) is 35.7 Å². The van der Waals surface area contributed by atoms with Crippen molar-refractivity contribution in [2.24, 2.45) is 5.92 Å². The summed E-state index contributed by atoms with van der Waals surface area (Å²) < 4.78 is 16.3. The second-order valence-electron chi connectivity index (χ2n) is 6.33. The molecule has 0 saturated heterocycles. The first-order valence-electron chi connectivity index (χ1n) is 7.94. The van der Waals surface area contributed by atoms with Crippen LogP contribution in [0.15, 0.2) is 58.1 Å². The minimum atomic E-state index is -0.364. The third-order valence-corrected chi connectivity index (χ3v) is 3.91. The van der Waals surface area contributed by atoms with Crippen LogP contribution in [0, 0.1) is 11.7 Å². The summed E-state index contributed by atoms with van der Waals surface area (Å²) in [6.45, 7) is 4.48. The van der Waals surface area contributed by atoms with Crippen LogP contribution in [-0.2, 0) is 13.1 Å². The SMILES string of the molecule is CC(C)Cn1c(=O)c2ccccc2n(Cc2cccc(F)c2)c1=O. The third kappa shape index (κ3) is 3.02. The number of rotatable bonds is 4. The van der Waals surface area contributed by atoms with Gasteiger partial charge in [-0.3, -0.25) is 13.9 Å². The molecule has 4 nitrogen and oxygen atoms in total. The molecule has 0 unspecified atom stereocenters. The minimum absolute atomic E-state index is 0.166. The summed E-state index contributed by atoms with van der Waals surface area (Å²) in [7, 11) is 0. The fourth-order valence-electron chi connectivity index (χ4n) is 2.87. The quantitative estimate of drug-likeness (QED) is 0.740. The minimum Gasteiger partial charge on any atom is -0.289 e. The van der Waals surface area contributed by atoms with Crippen molar-refractivity contribution in [1.29, 1.82) is 0 Å². The van der Waals surface area contributed by atoms with Gasteiger partial charge in [-0.15, -0.1) is 0 Å². The van der Waals surface area contributed by atoms with E-state index in [1.807, 2.05) is 13.8 Å². The van der Waals surface area contributed by atoms with Crippen molar-refractivity contribution in [3.63, 3.8) is 0 Å². The van der Waals surface area contributed by atoms with E-state index in [1.165, 1.54) is 21.3 Å². The molecule has 0 saturated carbocycles. The Balaban J connectivity index is 2.25. The molecule has 1 aromatic heterocycles. The van der Waals surface area contributed by atoms with E-state index in [4.69, 9.17) is 0 Å². The van der Waals surface area contributed by atoms with Crippen LogP contribution in [0.4, 0.5) is 4.39 Å². The van der Waals surface area contributed by atoms with Gasteiger partial charge in [0.15, 0.2) is 0 Å². The fraction of sp³-hybridized carbons (Fsp3) is 0.263. The van der Waals surface area contributed by atoms with Crippen LogP contribution in [-0.4, -0.2) is 9.13 Å². The number of aromatic nitrogens is 2. The summed E-state index contributed by atoms with van der Waals surface area (Å²) in [4.78, 5) is 25.5. The number of hydrogen-bond acceptors (Lipinski definition) is 2. The lowest BCUT2D eigenvalue weighted by molar-refractivity contribution is 0.481. The van der Waals surface area contributed by atoms with Crippen molar-refractivity contribution in [2.45, 2.75) is 26.9 Å². The van der Waals surface area contributed by atoms with Gasteiger partial charge >= 0.3 is 5.69 Å². The monoisotopic (exact) mass is 326 g/mol. The molecule has 0 aliphatic carbocycles. The lowest BCUT2D eigenvalue weighted by Gasteiger charge is -2.15. The molecule has 1 heterocycles. The number of nitrogens with zero attached hydrogens (tertiary/aromatic N) is 2. The first-order valence-corrected chi connectivity index (χ1v) is 7.94. The first-order chi connectivity index (χ1) is 11.5. The van der Waals surface area contributed by atoms with Crippen molar-refractivity contribution in [3.8, 4) is 0 Å². The Hall–Kier alpha value is -2.69. The van der Waals surface area contributed by atoms with E-state index in [2.05, 4.69) is 0 Å². The molecule has 2 aromatic carbocycles. The van der Waals surface area contributed by atoms with Gasteiger partial charge in [-0.1, -0.05) is 38.1 Å². The van der Waals surface area contributed by atoms with E-state index in [1.54, 1.807) is 36.4 Å². The third-order valence-electron chi connectivity index (χ3n) is 3.91. The van der Waals surface area contributed by atoms with E-state index in [0.717, 1.165) is 0 Å². The number of para-hydroxylation sites is 1. The lowest BCUT2D eigenvalue weighted by Crippen LogP contribution is -2.41. The molecule has 0 aliphatic heterocycles. The average Bonchev–Trinajstić information content (AvgIpc) is 2.55. The lowest BCUT2D eigenvalue weighted by atomic mass is 10.2. The van der Waals surface area contributed by atoms with Crippen molar-refractivity contribution in [3.05, 3.63) is 80.7 Å². The van der Waals surface area contributed by atoms with Gasteiger partial charge in [0.1, 0.15) is 5.82 Å². The van der Waals surface area contributed by atoms with E-state index in [9.17, 15) is 14.0 Å². The Morgan fingerprint density at radius 2 is 1.75 bits per heavy atom. The predicted molar refractivity (Wildman–Crippen MR) is 92.8 cm³/mol. The van der Waals surface area contributed by atoms with Crippen LogP contribution >= 0.6 is 0 Å². The van der Waals surface area contributed by atoms with Crippen molar-refractivity contribution in [1.82, 2.24) is 9.13 Å². The Labute approximate surface area is 138 Å². The summed E-state index contributed by atoms with van der Waals surface area (Å²) in [6.07, 6.45) is 0. The molecule has 0 spiro atoms. The van der Waals surface area contributed by atoms with Gasteiger partial charge in [0.2, 0.25) is 0 Å². The summed E-state index contributed by atoms with van der Waals surface area (Å²) in [5, 5.41) is 0.495. The topological polar surface area (TPSA) is 44.0 Å². The van der Waals surface area contributed by atoms with Crippen LogP contribution in [0.3, 0.4) is 0 Å². The Morgan fingerprint density at radius 3 is 2.46 bits per heavy atom. The van der Waals surface area contributed by atoms with Crippen LogP contribution in [0.5, 0.6) is 0 Å². The Kier molecular flexibility index (Phi) is 4.34. The standard InChI is InChI=1S/C19H19FN2O2/c1-13(2)11-22-18(23)16-8-3-4-9-17(16)21(19(22)24)12-14-6-5-7-15(20)10-14/h3-10,13H,11-12H2,1-2H3. The largest absolute Gasteiger partial charge is 0.331 e. The molecule has 0 atom stereocenters. The van der Waals surface area contributed by atoms with Gasteiger partial charge < -0.3 is 0 Å². The zero-order valence-electron chi connectivity index (χ0n) is 13.7. The number of halogens is 1. The van der Waals surface area contributed by atoms with Gasteiger partial charge in [-0.2, -0.15) is 0 Å². The molecule has 0 radical (unpaired) electrons. The molecule has 3 aromatic rings. The summed E-state index contributed by atoms with van der Waals surface area (Å²) in [5.41, 5.74) is 0.602. The van der Waals surface area contributed by atoms with E-state index >= 15 is 0 Å². The van der Waals surface area contributed by atoms with E-state index < -0.39 is 0 Å². The number of hydrogen-bond donors (Lipinski definition) is 0. The average molecular weight is 326 g/mol. The second kappa shape index (κ2) is 6.43. The summed E-state index contributed by atoms with van der Waals surface area (Å²) in [6, 6.07) is 13.2. The van der Waals surface area contributed by atoms with Gasteiger partial charge in [0, 0.05) is 6.54 Å². The van der Waals surface area contributed by atoms with Crippen LogP contribution in [0.2, 0.25) is 0 Å². The molecule has 0 fully saturated rings. The molecule has 24 heavy (non-hydrogen) atoms. The molecular formula is C19H19FN2O2. The maximum absolute atomic E-state index is 13.5. The molecular weight excluding hydrogens is 307 g/mol. The van der Waals surface area contributed by atoms with Gasteiger partial charge in [0.05, 0.1) is 17.4 Å². The van der Waals surface area contributed by atoms with Crippen LogP contribution in [0.1, 0.15) is 19.4 Å². The Morgan fingerprint density at radius 1 is 1.00 bits per heavy atom. The highest BCUT2D eigenvalue weighted by molar-refractivity contribution is 5.77.